The molecule has 0 fully saturated rings. The first-order valence-corrected chi connectivity index (χ1v) is 4.76. The topological polar surface area (TPSA) is 38.3 Å². The number of carbonyl (C=O) groups is 1. The van der Waals surface area contributed by atoms with E-state index in [4.69, 9.17) is 4.74 Å². The zero-order valence-corrected chi connectivity index (χ0v) is 9.89. The second-order valence-corrected chi connectivity index (χ2v) is 4.13. The smallest absolute Gasteiger partial charge is 0.412 e. The second-order valence-electron chi connectivity index (χ2n) is 4.13. The Bertz CT molecular complexity index is 295. The summed E-state index contributed by atoms with van der Waals surface area (Å²) in [5.74, 6) is 0. The fraction of sp³-hybridized carbons (Fsp3) is 0.417. The number of amides is 1. The predicted octanol–water partition coefficient (Wildman–Crippen LogP) is 3.16. The van der Waals surface area contributed by atoms with Crippen molar-refractivity contribution >= 4 is 6.09 Å². The number of rotatable bonds is 3. The van der Waals surface area contributed by atoms with E-state index in [0.717, 1.165) is 5.57 Å². The van der Waals surface area contributed by atoms with Crippen molar-refractivity contribution in [3.63, 3.8) is 0 Å². The SMILES string of the molecule is C=C/C(C)=C(\C=C)NC(=O)OC(C)(C)C. The highest BCUT2D eigenvalue weighted by Crippen LogP contribution is 2.08. The summed E-state index contributed by atoms with van der Waals surface area (Å²) in [7, 11) is 0. The third-order valence-corrected chi connectivity index (χ3v) is 1.57. The minimum atomic E-state index is -0.502. The van der Waals surface area contributed by atoms with Gasteiger partial charge in [-0.25, -0.2) is 4.79 Å². The quantitative estimate of drug-likeness (QED) is 0.725. The molecule has 0 aromatic carbocycles. The molecule has 0 spiro atoms. The van der Waals surface area contributed by atoms with Crippen LogP contribution in [0.15, 0.2) is 36.6 Å². The van der Waals surface area contributed by atoms with Gasteiger partial charge in [-0.05, 0) is 39.3 Å². The Balaban J connectivity index is 4.53. The lowest BCUT2D eigenvalue weighted by atomic mass is 10.2. The minimum absolute atomic E-state index is 0.487. The van der Waals surface area contributed by atoms with E-state index in [1.807, 2.05) is 27.7 Å². The van der Waals surface area contributed by atoms with Gasteiger partial charge in [0.1, 0.15) is 5.60 Å². The first kappa shape index (κ1) is 13.5. The van der Waals surface area contributed by atoms with E-state index < -0.39 is 11.7 Å². The second kappa shape index (κ2) is 5.39. The predicted molar refractivity (Wildman–Crippen MR) is 62.5 cm³/mol. The maximum absolute atomic E-state index is 11.4. The fourth-order valence-corrected chi connectivity index (χ4v) is 0.834. The van der Waals surface area contributed by atoms with Crippen LogP contribution in [0.4, 0.5) is 4.79 Å². The molecule has 0 aliphatic heterocycles. The Kier molecular flexibility index (Phi) is 4.85. The number of ether oxygens (including phenoxy) is 1. The number of alkyl carbamates (subject to hydrolysis) is 1. The monoisotopic (exact) mass is 209 g/mol. The molecule has 0 rings (SSSR count). The maximum atomic E-state index is 11.4. The van der Waals surface area contributed by atoms with E-state index in [0.29, 0.717) is 5.70 Å². The van der Waals surface area contributed by atoms with E-state index in [1.165, 1.54) is 0 Å². The summed E-state index contributed by atoms with van der Waals surface area (Å²) < 4.78 is 5.10. The van der Waals surface area contributed by atoms with Crippen molar-refractivity contribution < 1.29 is 9.53 Å². The standard InChI is InChI=1S/C12H19NO2/c1-7-9(3)10(8-2)13-11(14)15-12(4,5)6/h7-8H,1-2H2,3-6H3,(H,13,14)/b10-9+. The number of hydrogen-bond acceptors (Lipinski definition) is 2. The molecule has 1 amide bonds. The van der Waals surface area contributed by atoms with Crippen molar-refractivity contribution in [1.29, 1.82) is 0 Å². The molecule has 0 aliphatic rings. The van der Waals surface area contributed by atoms with Crippen LogP contribution in [-0.4, -0.2) is 11.7 Å². The maximum Gasteiger partial charge on any atom is 0.412 e. The molecule has 3 nitrogen and oxygen atoms in total. The van der Waals surface area contributed by atoms with Gasteiger partial charge in [0, 0.05) is 5.70 Å². The van der Waals surface area contributed by atoms with E-state index in [-0.39, 0.29) is 0 Å². The van der Waals surface area contributed by atoms with Gasteiger partial charge in [0.25, 0.3) is 0 Å². The van der Waals surface area contributed by atoms with E-state index >= 15 is 0 Å². The third kappa shape index (κ3) is 5.73. The molecule has 0 atom stereocenters. The van der Waals surface area contributed by atoms with Crippen LogP contribution >= 0.6 is 0 Å². The first-order chi connectivity index (χ1) is 6.80. The summed E-state index contributed by atoms with van der Waals surface area (Å²) in [6.45, 7) is 14.5. The Hall–Kier alpha value is -1.51. The Morgan fingerprint density at radius 1 is 1.27 bits per heavy atom. The van der Waals surface area contributed by atoms with Gasteiger partial charge < -0.3 is 4.74 Å². The molecule has 0 aromatic rings. The molecule has 0 saturated carbocycles. The normalized spacial score (nSPS) is 12.5. The van der Waals surface area contributed by atoms with Crippen molar-refractivity contribution in [3.8, 4) is 0 Å². The molecule has 0 heterocycles. The summed E-state index contributed by atoms with van der Waals surface area (Å²) in [4.78, 5) is 11.4. The van der Waals surface area contributed by atoms with Gasteiger partial charge in [-0.1, -0.05) is 19.2 Å². The van der Waals surface area contributed by atoms with Crippen LogP contribution in [0.25, 0.3) is 0 Å². The Morgan fingerprint density at radius 3 is 2.13 bits per heavy atom. The van der Waals surface area contributed by atoms with Crippen molar-refractivity contribution in [2.24, 2.45) is 0 Å². The molecule has 0 bridgehead atoms. The van der Waals surface area contributed by atoms with Crippen molar-refractivity contribution in [2.75, 3.05) is 0 Å². The van der Waals surface area contributed by atoms with E-state index in [2.05, 4.69) is 18.5 Å². The number of nitrogens with one attached hydrogen (secondary N) is 1. The molecule has 84 valence electrons. The van der Waals surface area contributed by atoms with Crippen LogP contribution in [0.1, 0.15) is 27.7 Å². The van der Waals surface area contributed by atoms with Gasteiger partial charge in [-0.15, -0.1) is 0 Å². The minimum Gasteiger partial charge on any atom is -0.444 e. The van der Waals surface area contributed by atoms with Gasteiger partial charge in [-0.2, -0.15) is 0 Å². The first-order valence-electron chi connectivity index (χ1n) is 4.76. The Morgan fingerprint density at radius 2 is 1.80 bits per heavy atom. The largest absolute Gasteiger partial charge is 0.444 e. The molecule has 15 heavy (non-hydrogen) atoms. The van der Waals surface area contributed by atoms with Crippen LogP contribution < -0.4 is 5.32 Å². The van der Waals surface area contributed by atoms with Crippen LogP contribution in [0.5, 0.6) is 0 Å². The van der Waals surface area contributed by atoms with Crippen molar-refractivity contribution in [2.45, 2.75) is 33.3 Å². The average molecular weight is 209 g/mol. The van der Waals surface area contributed by atoms with Crippen LogP contribution in [0.3, 0.4) is 0 Å². The van der Waals surface area contributed by atoms with Gasteiger partial charge in [0.15, 0.2) is 0 Å². The molecule has 1 N–H and O–H groups in total. The summed E-state index contributed by atoms with van der Waals surface area (Å²) in [6, 6.07) is 0. The molecule has 0 unspecified atom stereocenters. The average Bonchev–Trinajstić information content (AvgIpc) is 2.10. The highest BCUT2D eigenvalue weighted by molar-refractivity contribution is 5.71. The molecule has 3 heteroatoms. The number of carbonyl (C=O) groups excluding carboxylic acids is 1. The molecule has 0 aromatic heterocycles. The number of allylic oxidation sites excluding steroid dienone is 3. The lowest BCUT2D eigenvalue weighted by Gasteiger charge is -2.20. The third-order valence-electron chi connectivity index (χ3n) is 1.57. The van der Waals surface area contributed by atoms with Crippen LogP contribution in [0, 0.1) is 0 Å². The Labute approximate surface area is 91.5 Å². The van der Waals surface area contributed by atoms with E-state index in [1.54, 1.807) is 12.2 Å². The summed E-state index contributed by atoms with van der Waals surface area (Å²) in [5.41, 5.74) is 0.952. The fourth-order valence-electron chi connectivity index (χ4n) is 0.834. The van der Waals surface area contributed by atoms with Crippen molar-refractivity contribution in [3.05, 3.63) is 36.6 Å². The molecular formula is C12H19NO2. The molecule has 0 radical (unpaired) electrons. The van der Waals surface area contributed by atoms with E-state index in [9.17, 15) is 4.79 Å². The summed E-state index contributed by atoms with van der Waals surface area (Å²) >= 11 is 0. The lowest BCUT2D eigenvalue weighted by Crippen LogP contribution is -2.32. The zero-order valence-electron chi connectivity index (χ0n) is 9.89. The van der Waals surface area contributed by atoms with Gasteiger partial charge in [0.05, 0.1) is 0 Å². The van der Waals surface area contributed by atoms with Crippen LogP contribution in [-0.2, 0) is 4.74 Å². The molecule has 0 aliphatic carbocycles. The van der Waals surface area contributed by atoms with Gasteiger partial charge in [0.2, 0.25) is 0 Å². The molecule has 0 saturated heterocycles. The zero-order chi connectivity index (χ0) is 12.1. The van der Waals surface area contributed by atoms with Crippen LogP contribution in [0.2, 0.25) is 0 Å². The highest BCUT2D eigenvalue weighted by atomic mass is 16.6. The van der Waals surface area contributed by atoms with Crippen molar-refractivity contribution in [1.82, 2.24) is 5.32 Å². The highest BCUT2D eigenvalue weighted by Gasteiger charge is 2.16. The summed E-state index contributed by atoms with van der Waals surface area (Å²) in [5, 5.41) is 2.60. The molecular weight excluding hydrogens is 190 g/mol. The summed E-state index contributed by atoms with van der Waals surface area (Å²) in [6.07, 6.45) is 2.72. The lowest BCUT2D eigenvalue weighted by molar-refractivity contribution is 0.0547. The number of hydrogen-bond donors (Lipinski definition) is 1. The van der Waals surface area contributed by atoms with Gasteiger partial charge in [-0.3, -0.25) is 5.32 Å². The van der Waals surface area contributed by atoms with Gasteiger partial charge >= 0.3 is 6.09 Å².